The first kappa shape index (κ1) is 19.1. The van der Waals surface area contributed by atoms with Gasteiger partial charge < -0.3 is 20.1 Å². The molecule has 1 heterocycles. The van der Waals surface area contributed by atoms with Crippen molar-refractivity contribution in [2.75, 3.05) is 0 Å². The fourth-order valence-electron chi connectivity index (χ4n) is 2.92. The first-order valence-corrected chi connectivity index (χ1v) is 8.93. The molecule has 142 valence electrons. The Morgan fingerprint density at radius 2 is 1.15 bits per heavy atom. The van der Waals surface area contributed by atoms with E-state index < -0.39 is 18.0 Å². The van der Waals surface area contributed by atoms with Crippen LogP contribution in [-0.4, -0.2) is 29.8 Å². The molecule has 1 fully saturated rings. The highest BCUT2D eigenvalue weighted by Gasteiger charge is 2.48. The summed E-state index contributed by atoms with van der Waals surface area (Å²) in [5.74, 6) is -1.75. The molecular weight excluding hydrogens is 344 g/mol. The summed E-state index contributed by atoms with van der Waals surface area (Å²) >= 11 is 0. The Morgan fingerprint density at radius 1 is 0.778 bits per heavy atom. The van der Waals surface area contributed by atoms with E-state index in [4.69, 9.17) is 9.47 Å². The molecule has 1 aliphatic rings. The lowest BCUT2D eigenvalue weighted by Gasteiger charge is -2.16. The number of hydrogen-bond acceptors (Lipinski definition) is 4. The molecule has 0 spiro atoms. The van der Waals surface area contributed by atoms with Crippen LogP contribution in [-0.2, 0) is 32.2 Å². The molecule has 27 heavy (non-hydrogen) atoms. The fourth-order valence-corrected chi connectivity index (χ4v) is 2.92. The molecule has 6 nitrogen and oxygen atoms in total. The van der Waals surface area contributed by atoms with E-state index in [1.54, 1.807) is 13.8 Å². The summed E-state index contributed by atoms with van der Waals surface area (Å²) in [6.07, 6.45) is -2.00. The predicted octanol–water partition coefficient (Wildman–Crippen LogP) is 2.14. The number of carbonyl (C=O) groups is 2. The molecule has 2 N–H and O–H groups in total. The van der Waals surface area contributed by atoms with Crippen LogP contribution >= 0.6 is 0 Å². The normalized spacial score (nSPS) is 20.8. The van der Waals surface area contributed by atoms with Crippen molar-refractivity contribution in [2.24, 2.45) is 0 Å². The summed E-state index contributed by atoms with van der Waals surface area (Å²) in [6, 6.07) is 19.1. The molecule has 6 heteroatoms. The summed E-state index contributed by atoms with van der Waals surface area (Å²) in [7, 11) is 0. The molecule has 3 rings (SSSR count). The summed E-state index contributed by atoms with van der Waals surface area (Å²) in [6.45, 7) is 4.10. The van der Waals surface area contributed by atoms with Crippen molar-refractivity contribution >= 4 is 11.8 Å². The van der Waals surface area contributed by atoms with Crippen LogP contribution < -0.4 is 10.6 Å². The minimum atomic E-state index is -1.01. The van der Waals surface area contributed by atoms with Crippen molar-refractivity contribution in [3.8, 4) is 0 Å². The largest absolute Gasteiger partial charge is 0.350 e. The zero-order valence-corrected chi connectivity index (χ0v) is 15.5. The Morgan fingerprint density at radius 3 is 1.52 bits per heavy atom. The average Bonchev–Trinajstić information content (AvgIpc) is 3.01. The van der Waals surface area contributed by atoms with Gasteiger partial charge in [0.2, 0.25) is 0 Å². The second-order valence-corrected chi connectivity index (χ2v) is 6.88. The maximum Gasteiger partial charge on any atom is 0.252 e. The van der Waals surface area contributed by atoms with Gasteiger partial charge in [-0.25, -0.2) is 0 Å². The number of nitrogens with one attached hydrogen (secondary N) is 2. The second kappa shape index (κ2) is 8.33. The van der Waals surface area contributed by atoms with Crippen molar-refractivity contribution in [2.45, 2.75) is 44.9 Å². The third kappa shape index (κ3) is 5.15. The van der Waals surface area contributed by atoms with E-state index >= 15 is 0 Å². The topological polar surface area (TPSA) is 76.7 Å². The molecular formula is C21H24N2O4. The zero-order valence-electron chi connectivity index (χ0n) is 15.5. The fraction of sp³-hybridized carbons (Fsp3) is 0.333. The number of rotatable bonds is 6. The highest BCUT2D eigenvalue weighted by Crippen LogP contribution is 2.28. The van der Waals surface area contributed by atoms with Gasteiger partial charge in [0.15, 0.2) is 18.0 Å². The van der Waals surface area contributed by atoms with Crippen molar-refractivity contribution in [3.05, 3.63) is 71.8 Å². The van der Waals surface area contributed by atoms with Crippen LogP contribution in [0.2, 0.25) is 0 Å². The van der Waals surface area contributed by atoms with Crippen molar-refractivity contribution in [1.82, 2.24) is 10.6 Å². The van der Waals surface area contributed by atoms with Gasteiger partial charge in [-0.2, -0.15) is 0 Å². The lowest BCUT2D eigenvalue weighted by atomic mass is 10.1. The van der Waals surface area contributed by atoms with E-state index in [9.17, 15) is 9.59 Å². The molecule has 0 unspecified atom stereocenters. The molecule has 0 radical (unpaired) electrons. The van der Waals surface area contributed by atoms with Gasteiger partial charge in [0, 0.05) is 13.1 Å². The number of benzene rings is 2. The first-order chi connectivity index (χ1) is 12.9. The third-order valence-corrected chi connectivity index (χ3v) is 4.23. The van der Waals surface area contributed by atoms with E-state index in [0.717, 1.165) is 11.1 Å². The SMILES string of the molecule is CC1(C)O[C@@H](C(=O)NCc2ccccc2)[C@H](C(=O)NCc2ccccc2)O1. The van der Waals surface area contributed by atoms with Crippen molar-refractivity contribution < 1.29 is 19.1 Å². The lowest BCUT2D eigenvalue weighted by molar-refractivity contribution is -0.159. The van der Waals surface area contributed by atoms with Gasteiger partial charge in [-0.1, -0.05) is 60.7 Å². The molecule has 1 aliphatic heterocycles. The Kier molecular flexibility index (Phi) is 5.88. The van der Waals surface area contributed by atoms with Gasteiger partial charge in [0.1, 0.15) is 0 Å². The molecule has 2 atom stereocenters. The Labute approximate surface area is 158 Å². The van der Waals surface area contributed by atoms with Gasteiger partial charge in [0.05, 0.1) is 0 Å². The monoisotopic (exact) mass is 368 g/mol. The summed E-state index contributed by atoms with van der Waals surface area (Å²) in [5.41, 5.74) is 1.93. The van der Waals surface area contributed by atoms with Crippen molar-refractivity contribution in [3.63, 3.8) is 0 Å². The first-order valence-electron chi connectivity index (χ1n) is 8.93. The van der Waals surface area contributed by atoms with Crippen LogP contribution in [0.25, 0.3) is 0 Å². The number of ether oxygens (including phenoxy) is 2. The van der Waals surface area contributed by atoms with Crippen LogP contribution in [0, 0.1) is 0 Å². The van der Waals surface area contributed by atoms with Crippen LogP contribution in [0.4, 0.5) is 0 Å². The van der Waals surface area contributed by atoms with Crippen LogP contribution in [0.15, 0.2) is 60.7 Å². The minimum Gasteiger partial charge on any atom is -0.350 e. The number of hydrogen-bond donors (Lipinski definition) is 2. The standard InChI is InChI=1S/C21H24N2O4/c1-21(2)26-17(19(24)22-13-15-9-5-3-6-10-15)18(27-21)20(25)23-14-16-11-7-4-8-12-16/h3-12,17-18H,13-14H2,1-2H3,(H,22,24)(H,23,25)/t17-,18-/m1/s1. The Bertz CT molecular complexity index is 712. The Hall–Kier alpha value is -2.70. The molecule has 0 aliphatic carbocycles. The van der Waals surface area contributed by atoms with Crippen LogP contribution in [0.3, 0.4) is 0 Å². The summed E-state index contributed by atoms with van der Waals surface area (Å²) in [4.78, 5) is 25.2. The minimum absolute atomic E-state index is 0.359. The predicted molar refractivity (Wildman–Crippen MR) is 100 cm³/mol. The van der Waals surface area contributed by atoms with Crippen LogP contribution in [0.5, 0.6) is 0 Å². The van der Waals surface area contributed by atoms with E-state index in [2.05, 4.69) is 10.6 Å². The zero-order chi connectivity index (χ0) is 19.3. The molecule has 2 amide bonds. The molecule has 0 saturated carbocycles. The quantitative estimate of drug-likeness (QED) is 0.819. The maximum atomic E-state index is 12.6. The maximum absolute atomic E-state index is 12.6. The van der Waals surface area contributed by atoms with Gasteiger partial charge in [-0.05, 0) is 25.0 Å². The van der Waals surface area contributed by atoms with E-state index in [1.165, 1.54) is 0 Å². The van der Waals surface area contributed by atoms with Crippen LogP contribution in [0.1, 0.15) is 25.0 Å². The van der Waals surface area contributed by atoms with Gasteiger partial charge in [-0.3, -0.25) is 9.59 Å². The third-order valence-electron chi connectivity index (χ3n) is 4.23. The van der Waals surface area contributed by atoms with Gasteiger partial charge >= 0.3 is 0 Å². The highest BCUT2D eigenvalue weighted by molar-refractivity contribution is 5.91. The van der Waals surface area contributed by atoms with E-state index in [1.807, 2.05) is 60.7 Å². The molecule has 2 aromatic rings. The summed E-state index contributed by atoms with van der Waals surface area (Å²) in [5, 5.41) is 5.63. The smallest absolute Gasteiger partial charge is 0.252 e. The highest BCUT2D eigenvalue weighted by atomic mass is 16.8. The van der Waals surface area contributed by atoms with Gasteiger partial charge in [0.25, 0.3) is 11.8 Å². The Balaban J connectivity index is 1.61. The molecule has 2 aromatic carbocycles. The summed E-state index contributed by atoms with van der Waals surface area (Å²) < 4.78 is 11.4. The average molecular weight is 368 g/mol. The lowest BCUT2D eigenvalue weighted by Crippen LogP contribution is -2.47. The number of amides is 2. The van der Waals surface area contributed by atoms with E-state index in [0.29, 0.717) is 13.1 Å². The molecule has 0 aromatic heterocycles. The number of carbonyl (C=O) groups excluding carboxylic acids is 2. The second-order valence-electron chi connectivity index (χ2n) is 6.88. The van der Waals surface area contributed by atoms with E-state index in [-0.39, 0.29) is 11.8 Å². The van der Waals surface area contributed by atoms with Crippen molar-refractivity contribution in [1.29, 1.82) is 0 Å². The van der Waals surface area contributed by atoms with Gasteiger partial charge in [-0.15, -0.1) is 0 Å². The molecule has 0 bridgehead atoms. The molecule has 1 saturated heterocycles.